The predicted octanol–water partition coefficient (Wildman–Crippen LogP) is 2.41. The first kappa shape index (κ1) is 16.4. The zero-order valence-electron chi connectivity index (χ0n) is 14.3. The van der Waals surface area contributed by atoms with E-state index in [2.05, 4.69) is 20.5 Å². The first-order valence-corrected chi connectivity index (χ1v) is 8.82. The SMILES string of the molecule is O=C([C@@H](c1ccccc1)n1cnnn1)N1CCCC[C@@H]1c1cccnc1. The molecule has 2 atom stereocenters. The lowest BCUT2D eigenvalue weighted by Crippen LogP contribution is -2.43. The molecule has 0 aliphatic carbocycles. The van der Waals surface area contributed by atoms with E-state index in [0.29, 0.717) is 0 Å². The van der Waals surface area contributed by atoms with Gasteiger partial charge in [0.15, 0.2) is 6.04 Å². The summed E-state index contributed by atoms with van der Waals surface area (Å²) in [5, 5.41) is 11.5. The monoisotopic (exact) mass is 348 g/mol. The maximum Gasteiger partial charge on any atom is 0.252 e. The van der Waals surface area contributed by atoms with Crippen molar-refractivity contribution in [1.29, 1.82) is 0 Å². The Kier molecular flexibility index (Phi) is 4.68. The maximum atomic E-state index is 13.6. The van der Waals surface area contributed by atoms with E-state index in [1.807, 2.05) is 53.6 Å². The Bertz CT molecular complexity index is 837. The molecule has 0 saturated carbocycles. The van der Waals surface area contributed by atoms with Crippen LogP contribution in [0.3, 0.4) is 0 Å². The zero-order chi connectivity index (χ0) is 17.8. The van der Waals surface area contributed by atoms with Gasteiger partial charge in [-0.25, -0.2) is 4.68 Å². The molecular weight excluding hydrogens is 328 g/mol. The van der Waals surface area contributed by atoms with E-state index in [-0.39, 0.29) is 11.9 Å². The van der Waals surface area contributed by atoms with Crippen LogP contribution in [-0.4, -0.2) is 42.5 Å². The Labute approximate surface area is 151 Å². The number of carbonyl (C=O) groups excluding carboxylic acids is 1. The molecule has 0 bridgehead atoms. The van der Waals surface area contributed by atoms with E-state index in [1.165, 1.54) is 11.0 Å². The van der Waals surface area contributed by atoms with E-state index < -0.39 is 6.04 Å². The standard InChI is InChI=1S/C19H20N6O/c26-19(18(25-14-21-22-23-25)15-7-2-1-3-8-15)24-12-5-4-10-17(24)16-9-6-11-20-13-16/h1-3,6-9,11,13-14,17-18H,4-5,10,12H2/t17-,18-/m1/s1. The minimum absolute atomic E-state index is 0.0112. The number of pyridine rings is 1. The van der Waals surface area contributed by atoms with Gasteiger partial charge in [-0.2, -0.15) is 0 Å². The highest BCUT2D eigenvalue weighted by atomic mass is 16.2. The van der Waals surface area contributed by atoms with E-state index >= 15 is 0 Å². The summed E-state index contributed by atoms with van der Waals surface area (Å²) in [6, 6.07) is 13.1. The normalized spacial score (nSPS) is 18.5. The molecule has 2 aromatic heterocycles. The lowest BCUT2D eigenvalue weighted by Gasteiger charge is -2.38. The second kappa shape index (κ2) is 7.43. The van der Waals surface area contributed by atoms with Crippen LogP contribution in [0.1, 0.15) is 42.5 Å². The number of rotatable bonds is 4. The second-order valence-electron chi connectivity index (χ2n) is 6.43. The van der Waals surface area contributed by atoms with Crippen LogP contribution in [0.4, 0.5) is 0 Å². The number of tetrazole rings is 1. The first-order chi connectivity index (χ1) is 12.8. The molecule has 1 aromatic carbocycles. The highest BCUT2D eigenvalue weighted by Gasteiger charge is 2.34. The van der Waals surface area contributed by atoms with Crippen LogP contribution < -0.4 is 0 Å². The van der Waals surface area contributed by atoms with Gasteiger partial charge in [0.05, 0.1) is 6.04 Å². The molecule has 4 rings (SSSR count). The van der Waals surface area contributed by atoms with Crippen molar-refractivity contribution in [2.75, 3.05) is 6.54 Å². The van der Waals surface area contributed by atoms with E-state index in [4.69, 9.17) is 0 Å². The molecule has 1 fully saturated rings. The largest absolute Gasteiger partial charge is 0.333 e. The van der Waals surface area contributed by atoms with Crippen LogP contribution >= 0.6 is 0 Å². The number of nitrogens with zero attached hydrogens (tertiary/aromatic N) is 6. The molecule has 0 unspecified atom stereocenters. The van der Waals surface area contributed by atoms with Crippen LogP contribution in [0.15, 0.2) is 61.2 Å². The highest BCUT2D eigenvalue weighted by molar-refractivity contribution is 5.84. The molecule has 1 aliphatic rings. The number of hydrogen-bond donors (Lipinski definition) is 0. The van der Waals surface area contributed by atoms with Crippen molar-refractivity contribution in [3.05, 3.63) is 72.3 Å². The molecule has 3 heterocycles. The minimum atomic E-state index is -0.566. The fourth-order valence-corrected chi connectivity index (χ4v) is 3.60. The summed E-state index contributed by atoms with van der Waals surface area (Å²) in [4.78, 5) is 19.8. The highest BCUT2D eigenvalue weighted by Crippen LogP contribution is 2.33. The fraction of sp³-hybridized carbons (Fsp3) is 0.316. The molecule has 1 aliphatic heterocycles. The molecule has 1 saturated heterocycles. The average Bonchev–Trinajstić information content (AvgIpc) is 3.24. The van der Waals surface area contributed by atoms with Crippen molar-refractivity contribution in [3.63, 3.8) is 0 Å². The summed E-state index contributed by atoms with van der Waals surface area (Å²) in [5.41, 5.74) is 1.95. The average molecular weight is 348 g/mol. The summed E-state index contributed by atoms with van der Waals surface area (Å²) in [5.74, 6) is 0.0112. The summed E-state index contributed by atoms with van der Waals surface area (Å²) >= 11 is 0. The van der Waals surface area contributed by atoms with Gasteiger partial charge >= 0.3 is 0 Å². The van der Waals surface area contributed by atoms with Crippen LogP contribution in [0.25, 0.3) is 0 Å². The van der Waals surface area contributed by atoms with Gasteiger partial charge in [0.25, 0.3) is 5.91 Å². The van der Waals surface area contributed by atoms with E-state index in [1.54, 1.807) is 6.20 Å². The third kappa shape index (κ3) is 3.20. The molecule has 0 radical (unpaired) electrons. The Morgan fingerprint density at radius 1 is 1.12 bits per heavy atom. The predicted molar refractivity (Wildman–Crippen MR) is 94.9 cm³/mol. The van der Waals surface area contributed by atoms with Gasteiger partial charge in [-0.05, 0) is 46.9 Å². The van der Waals surface area contributed by atoms with Gasteiger partial charge < -0.3 is 4.90 Å². The zero-order valence-corrected chi connectivity index (χ0v) is 14.3. The van der Waals surface area contributed by atoms with Gasteiger partial charge in [-0.3, -0.25) is 9.78 Å². The number of carbonyl (C=O) groups is 1. The lowest BCUT2D eigenvalue weighted by atomic mass is 9.94. The van der Waals surface area contributed by atoms with E-state index in [0.717, 1.165) is 36.9 Å². The smallest absolute Gasteiger partial charge is 0.252 e. The summed E-state index contributed by atoms with van der Waals surface area (Å²) in [6.45, 7) is 0.726. The fourth-order valence-electron chi connectivity index (χ4n) is 3.60. The third-order valence-electron chi connectivity index (χ3n) is 4.83. The van der Waals surface area contributed by atoms with Gasteiger partial charge in [-0.1, -0.05) is 36.4 Å². The molecule has 132 valence electrons. The Hall–Kier alpha value is -3.09. The van der Waals surface area contributed by atoms with Crippen molar-refractivity contribution in [2.24, 2.45) is 0 Å². The Balaban J connectivity index is 1.70. The maximum absolute atomic E-state index is 13.6. The topological polar surface area (TPSA) is 76.8 Å². The van der Waals surface area contributed by atoms with Crippen molar-refractivity contribution in [1.82, 2.24) is 30.1 Å². The molecule has 26 heavy (non-hydrogen) atoms. The molecule has 7 heteroatoms. The summed E-state index contributed by atoms with van der Waals surface area (Å²) in [6.07, 6.45) is 8.15. The number of aromatic nitrogens is 5. The van der Waals surface area contributed by atoms with E-state index in [9.17, 15) is 4.79 Å². The number of hydrogen-bond acceptors (Lipinski definition) is 5. The minimum Gasteiger partial charge on any atom is -0.333 e. The van der Waals surface area contributed by atoms with Crippen LogP contribution in [0.5, 0.6) is 0 Å². The molecule has 0 spiro atoms. The van der Waals surface area contributed by atoms with Gasteiger partial charge in [0.1, 0.15) is 6.33 Å². The van der Waals surface area contributed by atoms with Gasteiger partial charge in [0, 0.05) is 18.9 Å². The van der Waals surface area contributed by atoms with Gasteiger partial charge in [0.2, 0.25) is 0 Å². The van der Waals surface area contributed by atoms with Crippen LogP contribution in [-0.2, 0) is 4.79 Å². The summed E-state index contributed by atoms with van der Waals surface area (Å²) < 4.78 is 1.53. The molecule has 1 amide bonds. The number of benzene rings is 1. The Morgan fingerprint density at radius 3 is 2.73 bits per heavy atom. The Morgan fingerprint density at radius 2 is 2.00 bits per heavy atom. The van der Waals surface area contributed by atoms with Crippen molar-refractivity contribution in [3.8, 4) is 0 Å². The van der Waals surface area contributed by atoms with Crippen molar-refractivity contribution >= 4 is 5.91 Å². The van der Waals surface area contributed by atoms with Crippen LogP contribution in [0, 0.1) is 0 Å². The number of amides is 1. The third-order valence-corrected chi connectivity index (χ3v) is 4.83. The second-order valence-corrected chi connectivity index (χ2v) is 6.43. The molecule has 3 aromatic rings. The molecule has 7 nitrogen and oxygen atoms in total. The lowest BCUT2D eigenvalue weighted by molar-refractivity contribution is -0.137. The van der Waals surface area contributed by atoms with Crippen molar-refractivity contribution in [2.45, 2.75) is 31.3 Å². The molecular formula is C19H20N6O. The first-order valence-electron chi connectivity index (χ1n) is 8.82. The quantitative estimate of drug-likeness (QED) is 0.724. The summed E-state index contributed by atoms with van der Waals surface area (Å²) in [7, 11) is 0. The number of likely N-dealkylation sites (tertiary alicyclic amines) is 1. The van der Waals surface area contributed by atoms with Gasteiger partial charge in [-0.15, -0.1) is 5.10 Å². The number of piperidine rings is 1. The van der Waals surface area contributed by atoms with Crippen LogP contribution in [0.2, 0.25) is 0 Å². The molecule has 0 N–H and O–H groups in total. The van der Waals surface area contributed by atoms with Crippen molar-refractivity contribution < 1.29 is 4.79 Å².